The van der Waals surface area contributed by atoms with Crippen LogP contribution in [0.25, 0.3) is 11.5 Å². The molecule has 0 bridgehead atoms. The van der Waals surface area contributed by atoms with E-state index in [4.69, 9.17) is 4.42 Å². The molecule has 3 rings (SSSR count). The number of oxazole rings is 1. The van der Waals surface area contributed by atoms with Crippen LogP contribution in [0, 0.1) is 12.8 Å². The van der Waals surface area contributed by atoms with E-state index < -0.39 is 0 Å². The van der Waals surface area contributed by atoms with Gasteiger partial charge in [0, 0.05) is 37.7 Å². The number of halogens is 1. The lowest BCUT2D eigenvalue weighted by Crippen LogP contribution is -2.50. The number of hydrogen-bond acceptors (Lipinski definition) is 4. The zero-order chi connectivity index (χ0) is 20.8. The highest BCUT2D eigenvalue weighted by molar-refractivity contribution is 14.0. The first kappa shape index (κ1) is 24.2. The summed E-state index contributed by atoms with van der Waals surface area (Å²) in [5.41, 5.74) is 2.99. The summed E-state index contributed by atoms with van der Waals surface area (Å²) in [4.78, 5) is 22.9. The van der Waals surface area contributed by atoms with Crippen LogP contribution >= 0.6 is 24.0 Å². The van der Waals surface area contributed by atoms with Gasteiger partial charge in [0.2, 0.25) is 11.8 Å². The average Bonchev–Trinajstić information content (AvgIpc) is 3.20. The number of aromatic nitrogens is 1. The van der Waals surface area contributed by atoms with Gasteiger partial charge in [-0.25, -0.2) is 4.98 Å². The van der Waals surface area contributed by atoms with Crippen LogP contribution in [-0.2, 0) is 11.3 Å². The van der Waals surface area contributed by atoms with Gasteiger partial charge in [-0.2, -0.15) is 0 Å². The van der Waals surface area contributed by atoms with Gasteiger partial charge in [-0.1, -0.05) is 31.5 Å². The molecule has 7 nitrogen and oxygen atoms in total. The van der Waals surface area contributed by atoms with E-state index in [9.17, 15) is 4.79 Å². The fourth-order valence-electron chi connectivity index (χ4n) is 3.39. The maximum atomic E-state index is 12.1. The van der Waals surface area contributed by atoms with Crippen LogP contribution in [0.15, 0.2) is 39.9 Å². The summed E-state index contributed by atoms with van der Waals surface area (Å²) < 4.78 is 5.61. The van der Waals surface area contributed by atoms with Crippen LogP contribution in [-0.4, -0.2) is 47.9 Å². The van der Waals surface area contributed by atoms with Gasteiger partial charge in [0.15, 0.2) is 5.96 Å². The van der Waals surface area contributed by atoms with Crippen molar-refractivity contribution in [1.82, 2.24) is 20.5 Å². The second kappa shape index (κ2) is 11.3. The van der Waals surface area contributed by atoms with E-state index in [0.29, 0.717) is 18.5 Å². The van der Waals surface area contributed by atoms with E-state index in [-0.39, 0.29) is 35.8 Å². The molecule has 0 unspecified atom stereocenters. The van der Waals surface area contributed by atoms with Crippen molar-refractivity contribution in [3.05, 3.63) is 41.8 Å². The third kappa shape index (κ3) is 6.45. The highest BCUT2D eigenvalue weighted by atomic mass is 127. The summed E-state index contributed by atoms with van der Waals surface area (Å²) in [6, 6.07) is 8.41. The van der Waals surface area contributed by atoms with Crippen LogP contribution in [0.2, 0.25) is 0 Å². The average molecular weight is 525 g/mol. The third-order valence-corrected chi connectivity index (χ3v) is 5.15. The Balaban J connectivity index is 0.00000320. The van der Waals surface area contributed by atoms with E-state index in [2.05, 4.69) is 27.5 Å². The predicted octanol–water partition coefficient (Wildman–Crippen LogP) is 3.58. The van der Waals surface area contributed by atoms with Crippen molar-refractivity contribution in [3.8, 4) is 11.5 Å². The molecule has 0 atom stereocenters. The summed E-state index contributed by atoms with van der Waals surface area (Å²) in [7, 11) is 1.76. The number of carbonyl (C=O) groups excluding carboxylic acids is 1. The lowest BCUT2D eigenvalue weighted by atomic mass is 10.0. The highest BCUT2D eigenvalue weighted by Crippen LogP contribution is 2.19. The minimum Gasteiger partial charge on any atom is -0.444 e. The van der Waals surface area contributed by atoms with Gasteiger partial charge in [0.25, 0.3) is 0 Å². The minimum atomic E-state index is 0. The monoisotopic (exact) mass is 525 g/mol. The molecule has 30 heavy (non-hydrogen) atoms. The molecule has 1 fully saturated rings. The van der Waals surface area contributed by atoms with Crippen molar-refractivity contribution < 1.29 is 9.21 Å². The molecule has 1 saturated heterocycles. The number of aryl methyl sites for hydroxylation is 1. The molecular weight excluding hydrogens is 493 g/mol. The Bertz CT molecular complexity index is 839. The largest absolute Gasteiger partial charge is 0.444 e. The number of aliphatic imine (C=N–C) groups is 1. The number of rotatable bonds is 5. The fourth-order valence-corrected chi connectivity index (χ4v) is 3.39. The van der Waals surface area contributed by atoms with Gasteiger partial charge in [-0.05, 0) is 31.9 Å². The molecule has 164 valence electrons. The number of benzene rings is 1. The molecule has 0 saturated carbocycles. The van der Waals surface area contributed by atoms with Crippen LogP contribution in [0.5, 0.6) is 0 Å². The van der Waals surface area contributed by atoms with Gasteiger partial charge < -0.3 is 20.0 Å². The lowest BCUT2D eigenvalue weighted by molar-refractivity contribution is -0.135. The Kier molecular flexibility index (Phi) is 9.13. The molecule has 1 aliphatic heterocycles. The Hall–Kier alpha value is -2.10. The van der Waals surface area contributed by atoms with Crippen molar-refractivity contribution in [2.45, 2.75) is 46.2 Å². The third-order valence-electron chi connectivity index (χ3n) is 5.15. The molecule has 1 aromatic heterocycles. The lowest BCUT2D eigenvalue weighted by Gasteiger charge is -2.34. The zero-order valence-electron chi connectivity index (χ0n) is 18.1. The Morgan fingerprint density at radius 2 is 1.93 bits per heavy atom. The Labute approximate surface area is 195 Å². The molecule has 0 aliphatic carbocycles. The molecule has 1 aliphatic rings. The fraction of sp³-hybridized carbons (Fsp3) is 0.500. The summed E-state index contributed by atoms with van der Waals surface area (Å²) in [5, 5.41) is 6.75. The number of hydrogen-bond donors (Lipinski definition) is 2. The number of amides is 1. The Morgan fingerprint density at radius 3 is 2.53 bits per heavy atom. The van der Waals surface area contributed by atoms with Crippen LogP contribution in [0.4, 0.5) is 0 Å². The second-order valence-electron chi connectivity index (χ2n) is 7.83. The van der Waals surface area contributed by atoms with Crippen molar-refractivity contribution in [3.63, 3.8) is 0 Å². The van der Waals surface area contributed by atoms with Gasteiger partial charge >= 0.3 is 0 Å². The molecule has 0 radical (unpaired) electrons. The summed E-state index contributed by atoms with van der Waals surface area (Å²) in [5.74, 6) is 1.65. The van der Waals surface area contributed by atoms with Crippen molar-refractivity contribution in [2.24, 2.45) is 10.9 Å². The maximum absolute atomic E-state index is 12.1. The standard InChI is InChI=1S/C22H31N5O2.HI/c1-15(2)21(28)27-11-9-18(10-12-27)26-22(23-4)24-13-19-14-29-20(25-19)17-7-5-16(3)6-8-17;/h5-8,14-15,18H,9-13H2,1-4H3,(H2,23,24,26);1H. The van der Waals surface area contributed by atoms with Crippen molar-refractivity contribution in [1.29, 1.82) is 0 Å². The minimum absolute atomic E-state index is 0. The number of carbonyl (C=O) groups is 1. The number of nitrogens with zero attached hydrogens (tertiary/aromatic N) is 3. The zero-order valence-corrected chi connectivity index (χ0v) is 20.5. The van der Waals surface area contributed by atoms with E-state index in [1.807, 2.05) is 43.0 Å². The molecule has 0 spiro atoms. The first-order chi connectivity index (χ1) is 14.0. The van der Waals surface area contributed by atoms with E-state index in [1.54, 1.807) is 13.3 Å². The molecule has 2 heterocycles. The quantitative estimate of drug-likeness (QED) is 0.355. The summed E-state index contributed by atoms with van der Waals surface area (Å²) >= 11 is 0. The molecular formula is C22H32IN5O2. The second-order valence-corrected chi connectivity index (χ2v) is 7.83. The van der Waals surface area contributed by atoms with E-state index in [1.165, 1.54) is 5.56 Å². The van der Waals surface area contributed by atoms with Crippen molar-refractivity contribution in [2.75, 3.05) is 20.1 Å². The topological polar surface area (TPSA) is 82.8 Å². The SMILES string of the molecule is CN=C(NCc1coc(-c2ccc(C)cc2)n1)NC1CCN(C(=O)C(C)C)CC1.I. The van der Waals surface area contributed by atoms with Gasteiger partial charge in [0.1, 0.15) is 6.26 Å². The first-order valence-electron chi connectivity index (χ1n) is 10.2. The van der Waals surface area contributed by atoms with Crippen molar-refractivity contribution >= 4 is 35.8 Å². The van der Waals surface area contributed by atoms with E-state index >= 15 is 0 Å². The normalized spacial score (nSPS) is 15.1. The van der Waals surface area contributed by atoms with Gasteiger partial charge in [0.05, 0.1) is 12.2 Å². The van der Waals surface area contributed by atoms with E-state index in [0.717, 1.165) is 43.1 Å². The molecule has 2 N–H and O–H groups in total. The number of nitrogens with one attached hydrogen (secondary N) is 2. The number of piperidine rings is 1. The van der Waals surface area contributed by atoms with Crippen LogP contribution < -0.4 is 10.6 Å². The summed E-state index contributed by atoms with van der Waals surface area (Å²) in [6.07, 6.45) is 3.51. The Morgan fingerprint density at radius 1 is 1.27 bits per heavy atom. The van der Waals surface area contributed by atoms with Gasteiger partial charge in [-0.3, -0.25) is 9.79 Å². The van der Waals surface area contributed by atoms with Gasteiger partial charge in [-0.15, -0.1) is 24.0 Å². The maximum Gasteiger partial charge on any atom is 0.226 e. The first-order valence-corrected chi connectivity index (χ1v) is 10.2. The molecule has 2 aromatic rings. The number of guanidine groups is 1. The number of likely N-dealkylation sites (tertiary alicyclic amines) is 1. The molecule has 8 heteroatoms. The predicted molar refractivity (Wildman–Crippen MR) is 130 cm³/mol. The molecule has 1 amide bonds. The summed E-state index contributed by atoms with van der Waals surface area (Å²) in [6.45, 7) is 8.06. The van der Waals surface area contributed by atoms with Crippen LogP contribution in [0.1, 0.15) is 37.9 Å². The van der Waals surface area contributed by atoms with Crippen LogP contribution in [0.3, 0.4) is 0 Å². The smallest absolute Gasteiger partial charge is 0.226 e. The molecule has 1 aromatic carbocycles. The highest BCUT2D eigenvalue weighted by Gasteiger charge is 2.24.